The molecule has 1 saturated heterocycles. The minimum absolute atomic E-state index is 0.0522. The summed E-state index contributed by atoms with van der Waals surface area (Å²) in [5.74, 6) is -1.30. The summed E-state index contributed by atoms with van der Waals surface area (Å²) in [6, 6.07) is 5.76. The summed E-state index contributed by atoms with van der Waals surface area (Å²) in [6.45, 7) is 0.0522. The number of aliphatic hydroxyl groups is 1. The topological polar surface area (TPSA) is 98.1 Å². The molecular formula is C14H17NO5. The third-order valence-corrected chi connectivity index (χ3v) is 3.48. The van der Waals surface area contributed by atoms with Crippen molar-refractivity contribution in [1.29, 1.82) is 0 Å². The monoisotopic (exact) mass is 279 g/mol. The maximum absolute atomic E-state index is 12.1. The number of amides is 1. The van der Waals surface area contributed by atoms with Gasteiger partial charge in [-0.05, 0) is 18.1 Å². The number of likely N-dealkylation sites (tertiary alicyclic amines) is 1. The Hall–Kier alpha value is -2.08. The van der Waals surface area contributed by atoms with Crippen LogP contribution in [-0.2, 0) is 16.0 Å². The number of para-hydroxylation sites is 1. The fraction of sp³-hybridized carbons (Fsp3) is 0.429. The van der Waals surface area contributed by atoms with E-state index < -0.39 is 18.1 Å². The summed E-state index contributed by atoms with van der Waals surface area (Å²) in [5.41, 5.74) is 0.646. The normalized spacial score (nSPS) is 21.9. The molecule has 1 heterocycles. The van der Waals surface area contributed by atoms with Gasteiger partial charge < -0.3 is 20.2 Å². The highest BCUT2D eigenvalue weighted by atomic mass is 16.4. The van der Waals surface area contributed by atoms with Gasteiger partial charge in [-0.1, -0.05) is 18.2 Å². The van der Waals surface area contributed by atoms with Crippen LogP contribution in [0.5, 0.6) is 5.75 Å². The molecule has 1 fully saturated rings. The Labute approximate surface area is 116 Å². The zero-order chi connectivity index (χ0) is 14.7. The lowest BCUT2D eigenvalue weighted by Crippen LogP contribution is -2.40. The smallest absolute Gasteiger partial charge is 0.326 e. The van der Waals surface area contributed by atoms with E-state index >= 15 is 0 Å². The van der Waals surface area contributed by atoms with Crippen LogP contribution >= 0.6 is 0 Å². The number of rotatable bonds is 4. The molecule has 0 aromatic heterocycles. The van der Waals surface area contributed by atoms with Crippen LogP contribution in [0.15, 0.2) is 24.3 Å². The van der Waals surface area contributed by atoms with Gasteiger partial charge in [-0.15, -0.1) is 0 Å². The first kappa shape index (κ1) is 14.3. The molecule has 3 N–H and O–H groups in total. The first-order valence-electron chi connectivity index (χ1n) is 6.46. The van der Waals surface area contributed by atoms with E-state index in [1.165, 1.54) is 4.90 Å². The molecule has 2 unspecified atom stereocenters. The zero-order valence-corrected chi connectivity index (χ0v) is 10.9. The molecule has 6 heteroatoms. The third kappa shape index (κ3) is 3.08. The number of carbonyl (C=O) groups excluding carboxylic acids is 1. The van der Waals surface area contributed by atoms with Gasteiger partial charge in [0, 0.05) is 19.4 Å². The van der Waals surface area contributed by atoms with E-state index in [1.807, 2.05) is 0 Å². The summed E-state index contributed by atoms with van der Waals surface area (Å²) in [6.07, 6.45) is -0.277. The molecule has 1 amide bonds. The maximum Gasteiger partial charge on any atom is 0.326 e. The number of aryl methyl sites for hydroxylation is 1. The molecule has 0 saturated carbocycles. The quantitative estimate of drug-likeness (QED) is 0.739. The third-order valence-electron chi connectivity index (χ3n) is 3.48. The Morgan fingerprint density at radius 3 is 2.65 bits per heavy atom. The van der Waals surface area contributed by atoms with Crippen molar-refractivity contribution < 1.29 is 24.9 Å². The molecule has 108 valence electrons. The minimum atomic E-state index is -1.10. The number of carboxylic acid groups (broad SMARTS) is 1. The lowest BCUT2D eigenvalue weighted by Gasteiger charge is -2.21. The van der Waals surface area contributed by atoms with Gasteiger partial charge in [0.15, 0.2) is 0 Å². The second-order valence-corrected chi connectivity index (χ2v) is 4.92. The summed E-state index contributed by atoms with van der Waals surface area (Å²) in [5, 5.41) is 28.1. The van der Waals surface area contributed by atoms with Gasteiger partial charge in [0.05, 0.1) is 6.10 Å². The van der Waals surface area contributed by atoms with Gasteiger partial charge in [0.25, 0.3) is 0 Å². The Kier molecular flexibility index (Phi) is 4.24. The highest BCUT2D eigenvalue weighted by Crippen LogP contribution is 2.22. The molecule has 2 atom stereocenters. The van der Waals surface area contributed by atoms with Crippen molar-refractivity contribution in [3.8, 4) is 5.75 Å². The molecule has 0 bridgehead atoms. The van der Waals surface area contributed by atoms with Gasteiger partial charge in [-0.25, -0.2) is 4.79 Å². The molecule has 1 aromatic carbocycles. The average molecular weight is 279 g/mol. The molecule has 20 heavy (non-hydrogen) atoms. The highest BCUT2D eigenvalue weighted by Gasteiger charge is 2.38. The van der Waals surface area contributed by atoms with E-state index in [0.717, 1.165) is 0 Å². The van der Waals surface area contributed by atoms with Crippen molar-refractivity contribution in [3.05, 3.63) is 29.8 Å². The zero-order valence-electron chi connectivity index (χ0n) is 10.9. The van der Waals surface area contributed by atoms with Crippen LogP contribution < -0.4 is 0 Å². The summed E-state index contributed by atoms with van der Waals surface area (Å²) in [4.78, 5) is 24.3. The van der Waals surface area contributed by atoms with Crippen LogP contribution in [-0.4, -0.2) is 50.8 Å². The van der Waals surface area contributed by atoms with Gasteiger partial charge in [-0.2, -0.15) is 0 Å². The van der Waals surface area contributed by atoms with Crippen LogP contribution in [0.3, 0.4) is 0 Å². The van der Waals surface area contributed by atoms with Crippen molar-refractivity contribution in [2.45, 2.75) is 31.4 Å². The number of phenolic OH excluding ortho intramolecular Hbond substituents is 1. The van der Waals surface area contributed by atoms with E-state index in [9.17, 15) is 19.8 Å². The van der Waals surface area contributed by atoms with Crippen molar-refractivity contribution in [1.82, 2.24) is 4.90 Å². The predicted octanol–water partition coefficient (Wildman–Crippen LogP) is 0.371. The van der Waals surface area contributed by atoms with E-state index in [1.54, 1.807) is 24.3 Å². The number of aromatic hydroxyl groups is 1. The Morgan fingerprint density at radius 1 is 1.30 bits per heavy atom. The van der Waals surface area contributed by atoms with E-state index in [0.29, 0.717) is 12.0 Å². The fourth-order valence-corrected chi connectivity index (χ4v) is 2.43. The molecular weight excluding hydrogens is 262 g/mol. The number of phenols is 1. The van der Waals surface area contributed by atoms with E-state index in [2.05, 4.69) is 0 Å². The molecule has 1 aromatic rings. The van der Waals surface area contributed by atoms with Crippen LogP contribution in [0.2, 0.25) is 0 Å². The highest BCUT2D eigenvalue weighted by molar-refractivity contribution is 5.84. The SMILES string of the molecule is O=C(O)C1CC(O)CN1C(=O)CCc1ccccc1O. The average Bonchev–Trinajstić information content (AvgIpc) is 2.80. The number of carbonyl (C=O) groups is 2. The van der Waals surface area contributed by atoms with E-state index in [-0.39, 0.29) is 31.0 Å². The van der Waals surface area contributed by atoms with Gasteiger partial charge in [-0.3, -0.25) is 4.79 Å². The van der Waals surface area contributed by atoms with Gasteiger partial charge >= 0.3 is 5.97 Å². The van der Waals surface area contributed by atoms with Crippen molar-refractivity contribution >= 4 is 11.9 Å². The predicted molar refractivity (Wildman–Crippen MR) is 70.2 cm³/mol. The van der Waals surface area contributed by atoms with Crippen molar-refractivity contribution in [2.24, 2.45) is 0 Å². The summed E-state index contributed by atoms with van der Waals surface area (Å²) < 4.78 is 0. The summed E-state index contributed by atoms with van der Waals surface area (Å²) >= 11 is 0. The maximum atomic E-state index is 12.1. The molecule has 6 nitrogen and oxygen atoms in total. The largest absolute Gasteiger partial charge is 0.508 e. The number of hydrogen-bond acceptors (Lipinski definition) is 4. The lowest BCUT2D eigenvalue weighted by molar-refractivity contribution is -0.148. The number of hydrogen-bond donors (Lipinski definition) is 3. The van der Waals surface area contributed by atoms with E-state index in [4.69, 9.17) is 5.11 Å². The Bertz CT molecular complexity index is 516. The second-order valence-electron chi connectivity index (χ2n) is 4.92. The first-order valence-corrected chi connectivity index (χ1v) is 6.46. The Balaban J connectivity index is 1.98. The number of aliphatic carboxylic acids is 1. The lowest BCUT2D eigenvalue weighted by atomic mass is 10.1. The van der Waals surface area contributed by atoms with Crippen LogP contribution in [0.1, 0.15) is 18.4 Å². The van der Waals surface area contributed by atoms with Crippen molar-refractivity contribution in [2.75, 3.05) is 6.54 Å². The summed E-state index contributed by atoms with van der Waals surface area (Å²) in [7, 11) is 0. The number of carboxylic acids is 1. The van der Waals surface area contributed by atoms with Gasteiger partial charge in [0.1, 0.15) is 11.8 Å². The van der Waals surface area contributed by atoms with Crippen molar-refractivity contribution in [3.63, 3.8) is 0 Å². The van der Waals surface area contributed by atoms with Crippen LogP contribution in [0.25, 0.3) is 0 Å². The first-order chi connectivity index (χ1) is 9.49. The number of aliphatic hydroxyl groups excluding tert-OH is 1. The second kappa shape index (κ2) is 5.92. The fourth-order valence-electron chi connectivity index (χ4n) is 2.43. The number of β-amino-alcohol motifs (C(OH)–C–C–N with tert-alkyl or cyclic N) is 1. The Morgan fingerprint density at radius 2 is 2.00 bits per heavy atom. The molecule has 0 spiro atoms. The molecule has 0 radical (unpaired) electrons. The molecule has 1 aliphatic rings. The van der Waals surface area contributed by atoms with Crippen LogP contribution in [0, 0.1) is 0 Å². The molecule has 0 aliphatic carbocycles. The minimum Gasteiger partial charge on any atom is -0.508 e. The number of nitrogens with zero attached hydrogens (tertiary/aromatic N) is 1. The molecule has 1 aliphatic heterocycles. The van der Waals surface area contributed by atoms with Gasteiger partial charge in [0.2, 0.25) is 5.91 Å². The number of benzene rings is 1. The molecule has 2 rings (SSSR count). The standard InChI is InChI=1S/C14H17NO5/c16-10-7-11(14(19)20)15(8-10)13(18)6-5-9-3-1-2-4-12(9)17/h1-4,10-11,16-17H,5-8H2,(H,19,20). The van der Waals surface area contributed by atoms with Crippen LogP contribution in [0.4, 0.5) is 0 Å².